The van der Waals surface area contributed by atoms with Crippen molar-refractivity contribution in [1.82, 2.24) is 9.88 Å². The summed E-state index contributed by atoms with van der Waals surface area (Å²) in [7, 11) is 0. The van der Waals surface area contributed by atoms with Crippen molar-refractivity contribution < 1.29 is 9.84 Å². The van der Waals surface area contributed by atoms with Crippen LogP contribution in [0, 0.1) is 0 Å². The molecule has 0 amide bonds. The highest BCUT2D eigenvalue weighted by atomic mass is 35.5. The molecule has 0 saturated carbocycles. The second-order valence-electron chi connectivity index (χ2n) is 8.28. The third-order valence-electron chi connectivity index (χ3n) is 6.05. The summed E-state index contributed by atoms with van der Waals surface area (Å²) in [5.41, 5.74) is 1.18. The molecule has 0 aliphatic carbocycles. The molecule has 1 N–H and O–H groups in total. The summed E-state index contributed by atoms with van der Waals surface area (Å²) in [4.78, 5) is 6.99. The van der Waals surface area contributed by atoms with Gasteiger partial charge < -0.3 is 9.84 Å². The van der Waals surface area contributed by atoms with E-state index in [0.717, 1.165) is 23.6 Å². The third-order valence-corrected chi connectivity index (χ3v) is 6.38. The molecule has 4 nitrogen and oxygen atoms in total. The maximum Gasteiger partial charge on any atom is 0.119 e. The van der Waals surface area contributed by atoms with Crippen LogP contribution in [0.2, 0.25) is 5.02 Å². The molecule has 1 saturated heterocycles. The highest BCUT2D eigenvalue weighted by Gasteiger charge is 2.38. The minimum atomic E-state index is -1.25. The third kappa shape index (κ3) is 5.09. The summed E-state index contributed by atoms with van der Waals surface area (Å²) >= 11 is 6.46. The SMILES string of the molecule is C[C@](O)(c1ccccc1Cl)[C@@H](c1ccc(OCCN2CCCC2)cc1)c1ccccn1. The lowest BCUT2D eigenvalue weighted by Crippen LogP contribution is -2.32. The van der Waals surface area contributed by atoms with Crippen LogP contribution in [-0.4, -0.2) is 41.2 Å². The fraction of sp³-hybridized carbons (Fsp3) is 0.346. The number of likely N-dealkylation sites (tertiary alicyclic amines) is 1. The van der Waals surface area contributed by atoms with E-state index < -0.39 is 5.60 Å². The van der Waals surface area contributed by atoms with Gasteiger partial charge in [0, 0.05) is 23.3 Å². The van der Waals surface area contributed by atoms with E-state index in [2.05, 4.69) is 9.88 Å². The van der Waals surface area contributed by atoms with E-state index in [9.17, 15) is 5.11 Å². The molecule has 2 heterocycles. The number of rotatable bonds is 8. The first kappa shape index (κ1) is 21.8. The second-order valence-corrected chi connectivity index (χ2v) is 8.69. The Morgan fingerprint density at radius 3 is 2.42 bits per heavy atom. The van der Waals surface area contributed by atoms with Crippen molar-refractivity contribution in [3.63, 3.8) is 0 Å². The Balaban J connectivity index is 1.58. The number of benzene rings is 2. The maximum absolute atomic E-state index is 11.7. The van der Waals surface area contributed by atoms with Crippen LogP contribution < -0.4 is 4.74 Å². The molecule has 1 aliphatic rings. The van der Waals surface area contributed by atoms with Gasteiger partial charge in [-0.3, -0.25) is 9.88 Å². The van der Waals surface area contributed by atoms with E-state index in [1.165, 1.54) is 25.9 Å². The number of pyridine rings is 1. The van der Waals surface area contributed by atoms with Crippen LogP contribution in [0.25, 0.3) is 0 Å². The molecule has 2 atom stereocenters. The van der Waals surface area contributed by atoms with Gasteiger partial charge in [-0.15, -0.1) is 0 Å². The minimum Gasteiger partial charge on any atom is -0.492 e. The molecule has 162 valence electrons. The highest BCUT2D eigenvalue weighted by molar-refractivity contribution is 6.31. The first-order valence-corrected chi connectivity index (χ1v) is 11.3. The molecule has 0 bridgehead atoms. The van der Waals surface area contributed by atoms with Crippen LogP contribution in [0.3, 0.4) is 0 Å². The monoisotopic (exact) mass is 436 g/mol. The van der Waals surface area contributed by atoms with E-state index in [1.54, 1.807) is 19.2 Å². The molecule has 4 rings (SSSR count). The first-order valence-electron chi connectivity index (χ1n) is 10.9. The molecule has 1 fully saturated rings. The average molecular weight is 437 g/mol. The van der Waals surface area contributed by atoms with Gasteiger partial charge in [-0.2, -0.15) is 0 Å². The molecule has 1 aromatic heterocycles. The van der Waals surface area contributed by atoms with Gasteiger partial charge in [0.1, 0.15) is 18.0 Å². The molecular weight excluding hydrogens is 408 g/mol. The van der Waals surface area contributed by atoms with Crippen LogP contribution in [0.4, 0.5) is 0 Å². The van der Waals surface area contributed by atoms with Crippen LogP contribution in [0.5, 0.6) is 5.75 Å². The largest absolute Gasteiger partial charge is 0.492 e. The number of ether oxygens (including phenoxy) is 1. The van der Waals surface area contributed by atoms with Gasteiger partial charge in [0.2, 0.25) is 0 Å². The molecular formula is C26H29ClN2O2. The van der Waals surface area contributed by atoms with Gasteiger partial charge in [0.15, 0.2) is 0 Å². The molecule has 31 heavy (non-hydrogen) atoms. The van der Waals surface area contributed by atoms with Crippen LogP contribution in [0.15, 0.2) is 72.9 Å². The van der Waals surface area contributed by atoms with Gasteiger partial charge in [0.05, 0.1) is 11.6 Å². The van der Waals surface area contributed by atoms with E-state index in [4.69, 9.17) is 16.3 Å². The maximum atomic E-state index is 11.7. The van der Waals surface area contributed by atoms with Crippen molar-refractivity contribution in [2.24, 2.45) is 0 Å². The van der Waals surface area contributed by atoms with Gasteiger partial charge in [-0.25, -0.2) is 0 Å². The van der Waals surface area contributed by atoms with Crippen LogP contribution in [0.1, 0.15) is 42.5 Å². The second kappa shape index (κ2) is 9.82. The van der Waals surface area contributed by atoms with E-state index in [0.29, 0.717) is 17.2 Å². The van der Waals surface area contributed by atoms with E-state index >= 15 is 0 Å². The van der Waals surface area contributed by atoms with Crippen molar-refractivity contribution in [2.75, 3.05) is 26.2 Å². The first-order chi connectivity index (χ1) is 15.1. The zero-order valence-corrected chi connectivity index (χ0v) is 18.6. The van der Waals surface area contributed by atoms with E-state index in [-0.39, 0.29) is 5.92 Å². The Hall–Kier alpha value is -2.40. The van der Waals surface area contributed by atoms with Gasteiger partial charge in [-0.05, 0) is 68.8 Å². The molecule has 5 heteroatoms. The van der Waals surface area contributed by atoms with E-state index in [1.807, 2.05) is 60.7 Å². The number of nitrogens with zero attached hydrogens (tertiary/aromatic N) is 2. The van der Waals surface area contributed by atoms with Crippen LogP contribution >= 0.6 is 11.6 Å². The quantitative estimate of drug-likeness (QED) is 0.523. The summed E-state index contributed by atoms with van der Waals surface area (Å²) in [5.74, 6) is 0.451. The number of hydrogen-bond donors (Lipinski definition) is 1. The Morgan fingerprint density at radius 1 is 1.03 bits per heavy atom. The normalized spacial score (nSPS) is 17.3. The number of aliphatic hydroxyl groups is 1. The molecule has 3 aromatic rings. The molecule has 2 aromatic carbocycles. The summed E-state index contributed by atoms with van der Waals surface area (Å²) in [6.45, 7) is 5.78. The zero-order valence-electron chi connectivity index (χ0n) is 17.9. The molecule has 1 aliphatic heterocycles. The van der Waals surface area contributed by atoms with Gasteiger partial charge >= 0.3 is 0 Å². The number of aromatic nitrogens is 1. The number of halogens is 1. The van der Waals surface area contributed by atoms with Gasteiger partial charge in [-0.1, -0.05) is 48.0 Å². The predicted octanol–water partition coefficient (Wildman–Crippen LogP) is 5.25. The Bertz CT molecular complexity index is 970. The lowest BCUT2D eigenvalue weighted by atomic mass is 9.76. The Morgan fingerprint density at radius 2 is 1.74 bits per heavy atom. The van der Waals surface area contributed by atoms with Crippen LogP contribution in [-0.2, 0) is 5.60 Å². The lowest BCUT2D eigenvalue weighted by molar-refractivity contribution is 0.0381. The summed E-state index contributed by atoms with van der Waals surface area (Å²) in [6, 6.07) is 21.1. The minimum absolute atomic E-state index is 0.382. The van der Waals surface area contributed by atoms with Crippen molar-refractivity contribution in [3.05, 3.63) is 94.8 Å². The Kier molecular flexibility index (Phi) is 6.91. The van der Waals surface area contributed by atoms with Crippen molar-refractivity contribution >= 4 is 11.6 Å². The Labute approximate surface area is 189 Å². The van der Waals surface area contributed by atoms with Crippen molar-refractivity contribution in [1.29, 1.82) is 0 Å². The fourth-order valence-electron chi connectivity index (χ4n) is 4.41. The number of hydrogen-bond acceptors (Lipinski definition) is 4. The zero-order chi connectivity index (χ0) is 21.7. The standard InChI is InChI=1S/C26H29ClN2O2/c1-26(30,22-8-2-3-9-23(22)27)25(24-10-4-5-15-28-24)20-11-13-21(14-12-20)31-19-18-29-16-6-7-17-29/h2-5,8-15,25,30H,6-7,16-19H2,1H3/t25-,26-/m0/s1. The summed E-state index contributed by atoms with van der Waals surface area (Å²) in [6.07, 6.45) is 4.32. The smallest absolute Gasteiger partial charge is 0.119 e. The molecule has 0 spiro atoms. The van der Waals surface area contributed by atoms with Crippen molar-refractivity contribution in [2.45, 2.75) is 31.3 Å². The molecule has 0 radical (unpaired) electrons. The van der Waals surface area contributed by atoms with Crippen molar-refractivity contribution in [3.8, 4) is 5.75 Å². The predicted molar refractivity (Wildman–Crippen MR) is 125 cm³/mol. The lowest BCUT2D eigenvalue weighted by Gasteiger charge is -2.34. The van der Waals surface area contributed by atoms with Gasteiger partial charge in [0.25, 0.3) is 0 Å². The average Bonchev–Trinajstić information content (AvgIpc) is 3.29. The summed E-state index contributed by atoms with van der Waals surface area (Å²) < 4.78 is 5.96. The topological polar surface area (TPSA) is 45.6 Å². The fourth-order valence-corrected chi connectivity index (χ4v) is 4.74. The highest BCUT2D eigenvalue weighted by Crippen LogP contribution is 2.43. The molecule has 0 unspecified atom stereocenters. The summed E-state index contributed by atoms with van der Waals surface area (Å²) in [5, 5.41) is 12.2.